The predicted molar refractivity (Wildman–Crippen MR) is 82.2 cm³/mol. The maximum absolute atomic E-state index is 5.96. The van der Waals surface area contributed by atoms with Crippen molar-refractivity contribution in [2.24, 2.45) is 5.73 Å². The molecule has 100 valence electrons. The molecular formula is C16H20N2S. The largest absolute Gasteiger partial charge is 0.323 e. The summed E-state index contributed by atoms with van der Waals surface area (Å²) < 4.78 is 0. The van der Waals surface area contributed by atoms with E-state index in [2.05, 4.69) is 49.2 Å². The topological polar surface area (TPSA) is 38.9 Å². The molecular weight excluding hydrogens is 252 g/mol. The Bertz CT molecular complexity index is 523. The van der Waals surface area contributed by atoms with Crippen molar-refractivity contribution in [3.05, 3.63) is 59.4 Å². The molecule has 0 aliphatic rings. The summed E-state index contributed by atoms with van der Waals surface area (Å²) in [7, 11) is 0. The average Bonchev–Trinajstić information content (AvgIpc) is 2.45. The van der Waals surface area contributed by atoms with Gasteiger partial charge in [-0.2, -0.15) is 0 Å². The summed E-state index contributed by atoms with van der Waals surface area (Å²) >= 11 is 1.81. The van der Waals surface area contributed by atoms with Crippen LogP contribution in [0.4, 0.5) is 0 Å². The highest BCUT2D eigenvalue weighted by Gasteiger charge is 2.04. The van der Waals surface area contributed by atoms with Crippen LogP contribution in [0.1, 0.15) is 36.2 Å². The molecule has 2 aromatic rings. The van der Waals surface area contributed by atoms with Gasteiger partial charge >= 0.3 is 0 Å². The molecule has 2 nitrogen and oxygen atoms in total. The molecule has 1 heterocycles. The third kappa shape index (κ3) is 4.08. The van der Waals surface area contributed by atoms with Gasteiger partial charge in [0.25, 0.3) is 0 Å². The van der Waals surface area contributed by atoms with Crippen molar-refractivity contribution in [3.8, 4) is 0 Å². The molecule has 0 radical (unpaired) electrons. The fraction of sp³-hybridized carbons (Fsp3) is 0.312. The molecule has 1 aromatic heterocycles. The van der Waals surface area contributed by atoms with E-state index in [1.165, 1.54) is 16.0 Å². The zero-order valence-electron chi connectivity index (χ0n) is 11.5. The van der Waals surface area contributed by atoms with Crippen LogP contribution in [0.25, 0.3) is 0 Å². The number of benzene rings is 1. The normalized spacial score (nSPS) is 12.4. The average molecular weight is 272 g/mol. The fourth-order valence-corrected chi connectivity index (χ4v) is 2.68. The van der Waals surface area contributed by atoms with E-state index in [0.29, 0.717) is 0 Å². The molecule has 0 fully saturated rings. The first kappa shape index (κ1) is 14.1. The van der Waals surface area contributed by atoms with Crippen molar-refractivity contribution in [3.63, 3.8) is 0 Å². The standard InChI is InChI=1S/C16H20N2S/c1-3-15(17)16-8-7-14(10-18-16)19-11-13-6-4-5-12(2)9-13/h4-10,15H,3,11,17H2,1-2H3. The van der Waals surface area contributed by atoms with E-state index in [-0.39, 0.29) is 6.04 Å². The van der Waals surface area contributed by atoms with E-state index in [4.69, 9.17) is 5.73 Å². The highest BCUT2D eigenvalue weighted by molar-refractivity contribution is 7.98. The Kier molecular flexibility index (Phi) is 5.00. The minimum Gasteiger partial charge on any atom is -0.323 e. The summed E-state index contributed by atoms with van der Waals surface area (Å²) in [5, 5.41) is 0. The number of thioether (sulfide) groups is 1. The van der Waals surface area contributed by atoms with E-state index < -0.39 is 0 Å². The first-order chi connectivity index (χ1) is 9.19. The lowest BCUT2D eigenvalue weighted by Crippen LogP contribution is -2.10. The van der Waals surface area contributed by atoms with Gasteiger partial charge < -0.3 is 5.73 Å². The van der Waals surface area contributed by atoms with Crippen LogP contribution >= 0.6 is 11.8 Å². The summed E-state index contributed by atoms with van der Waals surface area (Å²) in [6.45, 7) is 4.20. The summed E-state index contributed by atoms with van der Waals surface area (Å²) in [5.74, 6) is 0.975. The van der Waals surface area contributed by atoms with Crippen molar-refractivity contribution in [1.82, 2.24) is 4.98 Å². The van der Waals surface area contributed by atoms with Crippen molar-refractivity contribution in [2.45, 2.75) is 37.0 Å². The monoisotopic (exact) mass is 272 g/mol. The summed E-state index contributed by atoms with van der Waals surface area (Å²) in [4.78, 5) is 5.62. The highest BCUT2D eigenvalue weighted by Crippen LogP contribution is 2.23. The Morgan fingerprint density at radius 3 is 2.74 bits per heavy atom. The second-order valence-electron chi connectivity index (χ2n) is 4.71. The number of hydrogen-bond donors (Lipinski definition) is 1. The molecule has 0 aliphatic heterocycles. The minimum atomic E-state index is 0.0517. The molecule has 0 saturated carbocycles. The Labute approximate surface area is 119 Å². The molecule has 1 aromatic carbocycles. The van der Waals surface area contributed by atoms with Crippen LogP contribution in [0.5, 0.6) is 0 Å². The molecule has 0 bridgehead atoms. The number of pyridine rings is 1. The van der Waals surface area contributed by atoms with Crippen LogP contribution in [0, 0.1) is 6.92 Å². The van der Waals surface area contributed by atoms with E-state index in [0.717, 1.165) is 17.9 Å². The fourth-order valence-electron chi connectivity index (χ4n) is 1.87. The van der Waals surface area contributed by atoms with Crippen LogP contribution in [-0.2, 0) is 5.75 Å². The van der Waals surface area contributed by atoms with Gasteiger partial charge in [-0.1, -0.05) is 36.8 Å². The van der Waals surface area contributed by atoms with Crippen molar-refractivity contribution in [1.29, 1.82) is 0 Å². The predicted octanol–water partition coefficient (Wildman–Crippen LogP) is 4.09. The lowest BCUT2D eigenvalue weighted by atomic mass is 10.1. The van der Waals surface area contributed by atoms with E-state index in [1.807, 2.05) is 12.3 Å². The Hall–Kier alpha value is -1.32. The number of aromatic nitrogens is 1. The molecule has 2 rings (SSSR count). The zero-order chi connectivity index (χ0) is 13.7. The maximum atomic E-state index is 5.96. The van der Waals surface area contributed by atoms with Gasteiger partial charge in [0.2, 0.25) is 0 Å². The van der Waals surface area contributed by atoms with Gasteiger partial charge in [0.1, 0.15) is 0 Å². The van der Waals surface area contributed by atoms with Crippen molar-refractivity contribution < 1.29 is 0 Å². The molecule has 1 unspecified atom stereocenters. The number of nitrogens with zero attached hydrogens (tertiary/aromatic N) is 1. The Morgan fingerprint density at radius 1 is 1.26 bits per heavy atom. The number of nitrogens with two attached hydrogens (primary N) is 1. The van der Waals surface area contributed by atoms with E-state index in [1.54, 1.807) is 11.8 Å². The Morgan fingerprint density at radius 2 is 2.11 bits per heavy atom. The molecule has 0 aliphatic carbocycles. The van der Waals surface area contributed by atoms with Crippen LogP contribution in [0.3, 0.4) is 0 Å². The number of rotatable bonds is 5. The molecule has 3 heteroatoms. The summed E-state index contributed by atoms with van der Waals surface area (Å²) in [6, 6.07) is 12.8. The Balaban J connectivity index is 1.96. The van der Waals surface area contributed by atoms with Gasteiger partial charge in [-0.15, -0.1) is 11.8 Å². The highest BCUT2D eigenvalue weighted by atomic mass is 32.2. The molecule has 0 saturated heterocycles. The third-order valence-electron chi connectivity index (χ3n) is 3.07. The zero-order valence-corrected chi connectivity index (χ0v) is 12.3. The minimum absolute atomic E-state index is 0.0517. The SMILES string of the molecule is CCC(N)c1ccc(SCc2cccc(C)c2)cn1. The molecule has 0 spiro atoms. The molecule has 0 amide bonds. The van der Waals surface area contributed by atoms with Crippen LogP contribution in [0.15, 0.2) is 47.5 Å². The third-order valence-corrected chi connectivity index (χ3v) is 4.12. The first-order valence-corrected chi connectivity index (χ1v) is 7.57. The van der Waals surface area contributed by atoms with E-state index in [9.17, 15) is 0 Å². The lowest BCUT2D eigenvalue weighted by molar-refractivity contribution is 0.674. The maximum Gasteiger partial charge on any atom is 0.0571 e. The molecule has 1 atom stereocenters. The van der Waals surface area contributed by atoms with E-state index >= 15 is 0 Å². The van der Waals surface area contributed by atoms with Gasteiger partial charge in [0.15, 0.2) is 0 Å². The molecule has 19 heavy (non-hydrogen) atoms. The summed E-state index contributed by atoms with van der Waals surface area (Å²) in [5.41, 5.74) is 9.58. The van der Waals surface area contributed by atoms with Crippen molar-refractivity contribution >= 4 is 11.8 Å². The van der Waals surface area contributed by atoms with Crippen LogP contribution < -0.4 is 5.73 Å². The summed E-state index contributed by atoms with van der Waals surface area (Å²) in [6.07, 6.45) is 2.84. The number of hydrogen-bond acceptors (Lipinski definition) is 3. The smallest absolute Gasteiger partial charge is 0.0571 e. The lowest BCUT2D eigenvalue weighted by Gasteiger charge is -2.08. The van der Waals surface area contributed by atoms with Gasteiger partial charge in [0, 0.05) is 22.9 Å². The van der Waals surface area contributed by atoms with Crippen LogP contribution in [-0.4, -0.2) is 4.98 Å². The first-order valence-electron chi connectivity index (χ1n) is 6.59. The quantitative estimate of drug-likeness (QED) is 0.833. The van der Waals surface area contributed by atoms with Gasteiger partial charge in [-0.05, 0) is 31.0 Å². The van der Waals surface area contributed by atoms with Gasteiger partial charge in [-0.25, -0.2) is 0 Å². The van der Waals surface area contributed by atoms with Crippen molar-refractivity contribution in [2.75, 3.05) is 0 Å². The van der Waals surface area contributed by atoms with Gasteiger partial charge in [0.05, 0.1) is 5.69 Å². The molecule has 2 N–H and O–H groups in total. The van der Waals surface area contributed by atoms with Crippen LogP contribution in [0.2, 0.25) is 0 Å². The number of aryl methyl sites for hydroxylation is 1. The van der Waals surface area contributed by atoms with Gasteiger partial charge in [-0.3, -0.25) is 4.98 Å². The second-order valence-corrected chi connectivity index (χ2v) is 5.76. The second kappa shape index (κ2) is 6.73.